The molecule has 3 rings (SSSR count). The number of hydrogen-bond donors (Lipinski definition) is 1. The molecule has 0 saturated heterocycles. The Morgan fingerprint density at radius 1 is 0.967 bits per heavy atom. The standard InChI is InChI=1S/C12H6N8O10/c1-29-9-5(17(21)22)2-4(3-6(9)18(23)24)10-13-12(30-16-10)7-8(19(25)26)11(15-14-7)20(27)28/h2-3H,1H3,(H,14,15). The first-order valence-electron chi connectivity index (χ1n) is 7.38. The van der Waals surface area contributed by atoms with E-state index in [2.05, 4.69) is 15.2 Å². The quantitative estimate of drug-likeness (QED) is 0.421. The molecule has 0 saturated carbocycles. The fraction of sp³-hybridized carbons (Fsp3) is 0.0833. The second-order valence-electron chi connectivity index (χ2n) is 5.27. The summed E-state index contributed by atoms with van der Waals surface area (Å²) in [7, 11) is 1.01. The lowest BCUT2D eigenvalue weighted by atomic mass is 10.1. The maximum Gasteiger partial charge on any atom is 0.422 e. The van der Waals surface area contributed by atoms with Gasteiger partial charge in [0, 0.05) is 17.7 Å². The van der Waals surface area contributed by atoms with Crippen molar-refractivity contribution in [3.05, 3.63) is 52.6 Å². The molecular weight excluding hydrogens is 416 g/mol. The zero-order chi connectivity index (χ0) is 22.2. The highest BCUT2D eigenvalue weighted by Crippen LogP contribution is 2.41. The molecule has 18 nitrogen and oxygen atoms in total. The minimum absolute atomic E-state index is 0.253. The molecule has 30 heavy (non-hydrogen) atoms. The first kappa shape index (κ1) is 19.7. The second-order valence-corrected chi connectivity index (χ2v) is 5.27. The molecule has 0 unspecified atom stereocenters. The van der Waals surface area contributed by atoms with Gasteiger partial charge in [-0.15, -0.1) is 5.10 Å². The van der Waals surface area contributed by atoms with Gasteiger partial charge in [-0.25, -0.2) is 0 Å². The highest BCUT2D eigenvalue weighted by Gasteiger charge is 2.37. The van der Waals surface area contributed by atoms with Crippen LogP contribution >= 0.6 is 0 Å². The van der Waals surface area contributed by atoms with E-state index in [0.717, 1.165) is 19.2 Å². The Kier molecular flexibility index (Phi) is 4.72. The SMILES string of the molecule is COc1c([N+](=O)[O-])cc(-c2noc(-c3n[nH]c([N+](=O)[O-])c3[N+](=O)[O-])n2)cc1[N+](=O)[O-]. The van der Waals surface area contributed by atoms with Gasteiger partial charge in [0.25, 0.3) is 17.3 Å². The third kappa shape index (κ3) is 3.19. The van der Waals surface area contributed by atoms with E-state index in [0.29, 0.717) is 0 Å². The van der Waals surface area contributed by atoms with E-state index in [1.807, 2.05) is 5.10 Å². The Labute approximate surface area is 161 Å². The van der Waals surface area contributed by atoms with Crippen molar-refractivity contribution in [3.8, 4) is 28.7 Å². The van der Waals surface area contributed by atoms with Gasteiger partial charge in [0.15, 0.2) is 0 Å². The first-order chi connectivity index (χ1) is 14.1. The normalized spacial score (nSPS) is 10.6. The van der Waals surface area contributed by atoms with Crippen LogP contribution in [0.25, 0.3) is 23.0 Å². The van der Waals surface area contributed by atoms with Crippen molar-refractivity contribution in [3.63, 3.8) is 0 Å². The van der Waals surface area contributed by atoms with Crippen molar-refractivity contribution in [2.75, 3.05) is 7.11 Å². The van der Waals surface area contributed by atoms with E-state index in [1.54, 1.807) is 0 Å². The lowest BCUT2D eigenvalue weighted by Gasteiger charge is -2.04. The van der Waals surface area contributed by atoms with Gasteiger partial charge in [-0.05, 0) is 4.92 Å². The molecule has 0 aliphatic heterocycles. The minimum atomic E-state index is -1.09. The summed E-state index contributed by atoms with van der Waals surface area (Å²) in [6, 6.07) is 1.73. The van der Waals surface area contributed by atoms with E-state index in [9.17, 15) is 40.5 Å². The number of nitro groups is 4. The molecule has 0 bridgehead atoms. The van der Waals surface area contributed by atoms with E-state index in [-0.39, 0.29) is 5.56 Å². The van der Waals surface area contributed by atoms with Crippen LogP contribution in [0.2, 0.25) is 0 Å². The molecule has 1 N–H and O–H groups in total. The van der Waals surface area contributed by atoms with Crippen LogP contribution < -0.4 is 4.74 Å². The Morgan fingerprint density at radius 3 is 2.03 bits per heavy atom. The third-order valence-electron chi connectivity index (χ3n) is 3.62. The van der Waals surface area contributed by atoms with Crippen LogP contribution in [0.1, 0.15) is 0 Å². The van der Waals surface area contributed by atoms with Gasteiger partial charge >= 0.3 is 22.9 Å². The highest BCUT2D eigenvalue weighted by atomic mass is 16.6. The van der Waals surface area contributed by atoms with Crippen LogP contribution in [0.4, 0.5) is 22.9 Å². The first-order valence-corrected chi connectivity index (χ1v) is 7.38. The second kappa shape index (κ2) is 7.18. The number of H-pyrrole nitrogens is 1. The maximum absolute atomic E-state index is 11.2. The van der Waals surface area contributed by atoms with E-state index >= 15 is 0 Å². The monoisotopic (exact) mass is 422 g/mol. The molecule has 3 aromatic rings. The van der Waals surface area contributed by atoms with Gasteiger partial charge < -0.3 is 19.4 Å². The number of ether oxygens (including phenoxy) is 1. The molecule has 18 heteroatoms. The summed E-state index contributed by atoms with van der Waals surface area (Å²) in [5.74, 6) is -2.72. The zero-order valence-electron chi connectivity index (χ0n) is 14.4. The van der Waals surface area contributed by atoms with Gasteiger partial charge in [0.05, 0.1) is 21.9 Å². The average molecular weight is 422 g/mol. The number of nitro benzene ring substituents is 2. The highest BCUT2D eigenvalue weighted by molar-refractivity contribution is 5.74. The topological polar surface area (TPSA) is 249 Å². The number of aromatic amines is 1. The number of benzene rings is 1. The van der Waals surface area contributed by atoms with Crippen LogP contribution in [-0.4, -0.2) is 47.1 Å². The number of methoxy groups -OCH3 is 1. The molecule has 2 heterocycles. The lowest BCUT2D eigenvalue weighted by molar-refractivity contribution is -0.424. The molecule has 0 atom stereocenters. The van der Waals surface area contributed by atoms with Crippen molar-refractivity contribution in [1.82, 2.24) is 20.3 Å². The van der Waals surface area contributed by atoms with Crippen LogP contribution in [0.15, 0.2) is 16.7 Å². The van der Waals surface area contributed by atoms with E-state index < -0.39 is 65.7 Å². The van der Waals surface area contributed by atoms with Crippen molar-refractivity contribution < 1.29 is 29.0 Å². The van der Waals surface area contributed by atoms with E-state index in [1.165, 1.54) is 0 Å². The molecule has 0 fully saturated rings. The van der Waals surface area contributed by atoms with Gasteiger partial charge in [-0.1, -0.05) is 10.3 Å². The van der Waals surface area contributed by atoms with Crippen molar-refractivity contribution in [2.45, 2.75) is 0 Å². The summed E-state index contributed by atoms with van der Waals surface area (Å²) in [6.45, 7) is 0. The van der Waals surface area contributed by atoms with Gasteiger partial charge in [0.2, 0.25) is 5.82 Å². The Hall–Kier alpha value is -5.03. The number of rotatable bonds is 7. The smallest absolute Gasteiger partial charge is 0.422 e. The van der Waals surface area contributed by atoms with Crippen LogP contribution in [0.3, 0.4) is 0 Å². The van der Waals surface area contributed by atoms with Crippen LogP contribution in [0, 0.1) is 40.5 Å². The van der Waals surface area contributed by atoms with Gasteiger partial charge in [0.1, 0.15) is 0 Å². The Morgan fingerprint density at radius 2 is 1.57 bits per heavy atom. The number of nitrogens with one attached hydrogen (secondary N) is 1. The number of hydrogen-bond acceptors (Lipinski definition) is 13. The molecule has 0 spiro atoms. The average Bonchev–Trinajstić information content (AvgIpc) is 3.33. The molecule has 0 aliphatic carbocycles. The summed E-state index contributed by atoms with van der Waals surface area (Å²) in [6.07, 6.45) is 0. The summed E-state index contributed by atoms with van der Waals surface area (Å²) in [5.41, 5.74) is -3.51. The molecule has 2 aromatic heterocycles. The Balaban J connectivity index is 2.16. The number of aromatic nitrogens is 4. The fourth-order valence-corrected chi connectivity index (χ4v) is 2.42. The minimum Gasteiger partial charge on any atom is -0.485 e. The fourth-order valence-electron chi connectivity index (χ4n) is 2.42. The molecule has 0 aliphatic rings. The zero-order valence-corrected chi connectivity index (χ0v) is 14.4. The summed E-state index contributed by atoms with van der Waals surface area (Å²) >= 11 is 0. The molecule has 0 amide bonds. The number of nitrogens with zero attached hydrogens (tertiary/aromatic N) is 7. The predicted molar refractivity (Wildman–Crippen MR) is 90.5 cm³/mol. The Bertz CT molecular complexity index is 1180. The summed E-state index contributed by atoms with van der Waals surface area (Å²) in [5, 5.41) is 53.2. The van der Waals surface area contributed by atoms with Crippen molar-refractivity contribution >= 4 is 22.9 Å². The largest absolute Gasteiger partial charge is 0.485 e. The summed E-state index contributed by atoms with van der Waals surface area (Å²) in [4.78, 5) is 44.2. The predicted octanol–water partition coefficient (Wildman–Crippen LogP) is 1.77. The van der Waals surface area contributed by atoms with E-state index in [4.69, 9.17) is 9.26 Å². The molecule has 154 valence electrons. The van der Waals surface area contributed by atoms with Gasteiger partial charge in [-0.2, -0.15) is 4.98 Å². The summed E-state index contributed by atoms with van der Waals surface area (Å²) < 4.78 is 9.54. The van der Waals surface area contributed by atoms with Gasteiger partial charge in [-0.3, -0.25) is 30.3 Å². The van der Waals surface area contributed by atoms with Crippen LogP contribution in [-0.2, 0) is 0 Å². The molecular formula is C12H6N8O10. The van der Waals surface area contributed by atoms with Crippen molar-refractivity contribution in [1.29, 1.82) is 0 Å². The maximum atomic E-state index is 11.2. The lowest BCUT2D eigenvalue weighted by Crippen LogP contribution is -2.00. The van der Waals surface area contributed by atoms with Crippen LogP contribution in [0.5, 0.6) is 5.75 Å². The molecule has 0 radical (unpaired) electrons. The molecule has 1 aromatic carbocycles. The van der Waals surface area contributed by atoms with Crippen molar-refractivity contribution in [2.24, 2.45) is 0 Å². The third-order valence-corrected chi connectivity index (χ3v) is 3.62.